The van der Waals surface area contributed by atoms with E-state index < -0.39 is 0 Å². The van der Waals surface area contributed by atoms with Gasteiger partial charge in [-0.1, -0.05) is 0 Å². The van der Waals surface area contributed by atoms with Crippen LogP contribution in [0, 0.1) is 11.8 Å². The fourth-order valence-corrected chi connectivity index (χ4v) is 3.27. The lowest BCUT2D eigenvalue weighted by Gasteiger charge is -2.17. The molecule has 2 atom stereocenters. The molecule has 104 valence electrons. The van der Waals surface area contributed by atoms with Crippen LogP contribution in [0.15, 0.2) is 18.2 Å². The molecule has 3 aliphatic rings. The SMILES string of the molecule is O=C1OC[C@H]2CN(C(=O)c3ccc4c(c3)CCO4)C[C@@H]12. The second-order valence-corrected chi connectivity index (χ2v) is 5.63. The fourth-order valence-electron chi connectivity index (χ4n) is 3.27. The molecule has 0 spiro atoms. The molecule has 0 saturated carbocycles. The maximum Gasteiger partial charge on any atom is 0.311 e. The summed E-state index contributed by atoms with van der Waals surface area (Å²) < 4.78 is 10.5. The van der Waals surface area contributed by atoms with Crippen LogP contribution in [0.3, 0.4) is 0 Å². The third kappa shape index (κ3) is 1.69. The van der Waals surface area contributed by atoms with E-state index in [0.29, 0.717) is 31.9 Å². The molecule has 1 aromatic rings. The molecule has 0 aromatic heterocycles. The zero-order chi connectivity index (χ0) is 13.7. The molecule has 0 aliphatic carbocycles. The van der Waals surface area contributed by atoms with E-state index in [1.807, 2.05) is 12.1 Å². The number of nitrogens with zero attached hydrogens (tertiary/aromatic N) is 1. The van der Waals surface area contributed by atoms with Crippen LogP contribution in [0.25, 0.3) is 0 Å². The first-order valence-corrected chi connectivity index (χ1v) is 6.94. The highest BCUT2D eigenvalue weighted by Gasteiger charge is 2.45. The summed E-state index contributed by atoms with van der Waals surface area (Å²) in [5.74, 6) is 0.763. The van der Waals surface area contributed by atoms with Crippen LogP contribution in [0.1, 0.15) is 15.9 Å². The summed E-state index contributed by atoms with van der Waals surface area (Å²) in [6.45, 7) is 2.23. The van der Waals surface area contributed by atoms with Gasteiger partial charge in [-0.3, -0.25) is 9.59 Å². The van der Waals surface area contributed by atoms with Crippen molar-refractivity contribution in [3.05, 3.63) is 29.3 Å². The van der Waals surface area contributed by atoms with E-state index in [1.54, 1.807) is 11.0 Å². The van der Waals surface area contributed by atoms with Crippen molar-refractivity contribution < 1.29 is 19.1 Å². The number of hydrogen-bond donors (Lipinski definition) is 0. The Bertz CT molecular complexity index is 598. The number of amides is 1. The highest BCUT2D eigenvalue weighted by molar-refractivity contribution is 5.95. The summed E-state index contributed by atoms with van der Waals surface area (Å²) in [7, 11) is 0. The van der Waals surface area contributed by atoms with E-state index >= 15 is 0 Å². The maximum absolute atomic E-state index is 12.5. The van der Waals surface area contributed by atoms with Crippen molar-refractivity contribution in [1.29, 1.82) is 0 Å². The molecule has 0 bridgehead atoms. The summed E-state index contributed by atoms with van der Waals surface area (Å²) in [6.07, 6.45) is 0.855. The first-order chi connectivity index (χ1) is 9.72. The third-order valence-corrected chi connectivity index (χ3v) is 4.41. The average molecular weight is 273 g/mol. The van der Waals surface area contributed by atoms with Gasteiger partial charge in [0, 0.05) is 31.0 Å². The van der Waals surface area contributed by atoms with E-state index in [0.717, 1.165) is 17.7 Å². The van der Waals surface area contributed by atoms with Crippen LogP contribution in [0.2, 0.25) is 0 Å². The second-order valence-electron chi connectivity index (χ2n) is 5.63. The molecule has 0 radical (unpaired) electrons. The molecule has 3 aliphatic heterocycles. The Morgan fingerprint density at radius 3 is 3.00 bits per heavy atom. The second kappa shape index (κ2) is 4.23. The van der Waals surface area contributed by atoms with Crippen LogP contribution in [0.4, 0.5) is 0 Å². The van der Waals surface area contributed by atoms with E-state index in [2.05, 4.69) is 0 Å². The van der Waals surface area contributed by atoms with Gasteiger partial charge in [0.2, 0.25) is 0 Å². The minimum absolute atomic E-state index is 0.00176. The number of carbonyl (C=O) groups is 2. The zero-order valence-corrected chi connectivity index (χ0v) is 11.0. The number of likely N-dealkylation sites (tertiary alicyclic amines) is 1. The average Bonchev–Trinajstić information content (AvgIpc) is 3.14. The first-order valence-electron chi connectivity index (χ1n) is 6.94. The Morgan fingerprint density at radius 2 is 2.15 bits per heavy atom. The van der Waals surface area contributed by atoms with E-state index in [1.165, 1.54) is 0 Å². The standard InChI is InChI=1S/C15H15NO4/c17-14(10-1-2-13-9(5-10)3-4-19-13)16-6-11-8-20-15(18)12(11)7-16/h1-2,5,11-12H,3-4,6-8H2/t11-,12-/m1/s1. The quantitative estimate of drug-likeness (QED) is 0.712. The summed E-state index contributed by atoms with van der Waals surface area (Å²) in [5.41, 5.74) is 1.78. The smallest absolute Gasteiger partial charge is 0.311 e. The minimum atomic E-state index is -0.160. The highest BCUT2D eigenvalue weighted by Crippen LogP contribution is 2.32. The normalized spacial score (nSPS) is 27.0. The number of hydrogen-bond acceptors (Lipinski definition) is 4. The van der Waals surface area contributed by atoms with Crippen LogP contribution < -0.4 is 4.74 Å². The predicted octanol–water partition coefficient (Wildman–Crippen LogP) is 0.866. The highest BCUT2D eigenvalue weighted by atomic mass is 16.5. The van der Waals surface area contributed by atoms with Gasteiger partial charge < -0.3 is 14.4 Å². The number of esters is 1. The summed E-state index contributed by atoms with van der Waals surface area (Å²) in [5, 5.41) is 0. The first kappa shape index (κ1) is 11.8. The van der Waals surface area contributed by atoms with E-state index in [-0.39, 0.29) is 23.7 Å². The molecule has 5 heteroatoms. The van der Waals surface area contributed by atoms with Gasteiger partial charge >= 0.3 is 5.97 Å². The molecule has 2 fully saturated rings. The molecule has 0 unspecified atom stereocenters. The van der Waals surface area contributed by atoms with Crippen molar-refractivity contribution in [2.45, 2.75) is 6.42 Å². The molecule has 20 heavy (non-hydrogen) atoms. The molecule has 2 saturated heterocycles. The van der Waals surface area contributed by atoms with Crippen molar-refractivity contribution in [2.75, 3.05) is 26.3 Å². The van der Waals surface area contributed by atoms with Gasteiger partial charge in [0.1, 0.15) is 5.75 Å². The Balaban J connectivity index is 1.55. The Morgan fingerprint density at radius 1 is 1.25 bits per heavy atom. The lowest BCUT2D eigenvalue weighted by molar-refractivity contribution is -0.141. The number of ether oxygens (including phenoxy) is 2. The fraction of sp³-hybridized carbons (Fsp3) is 0.467. The topological polar surface area (TPSA) is 55.8 Å². The molecular weight excluding hydrogens is 258 g/mol. The predicted molar refractivity (Wildman–Crippen MR) is 69.5 cm³/mol. The number of benzene rings is 1. The lowest BCUT2D eigenvalue weighted by Crippen LogP contribution is -2.30. The number of carbonyl (C=O) groups excluding carboxylic acids is 2. The molecule has 1 amide bonds. The Kier molecular flexibility index (Phi) is 2.49. The molecule has 3 heterocycles. The molecule has 0 N–H and O–H groups in total. The van der Waals surface area contributed by atoms with Crippen molar-refractivity contribution in [1.82, 2.24) is 4.90 Å². The van der Waals surface area contributed by atoms with Gasteiger partial charge in [-0.25, -0.2) is 0 Å². The van der Waals surface area contributed by atoms with Gasteiger partial charge in [-0.2, -0.15) is 0 Å². The molecule has 5 nitrogen and oxygen atoms in total. The lowest BCUT2D eigenvalue weighted by atomic mass is 10.0. The zero-order valence-electron chi connectivity index (χ0n) is 11.0. The van der Waals surface area contributed by atoms with Crippen LogP contribution in [-0.4, -0.2) is 43.1 Å². The van der Waals surface area contributed by atoms with Gasteiger partial charge in [0.05, 0.1) is 19.1 Å². The molecular formula is C15H15NO4. The van der Waals surface area contributed by atoms with E-state index in [9.17, 15) is 9.59 Å². The summed E-state index contributed by atoms with van der Waals surface area (Å²) in [4.78, 5) is 25.8. The number of rotatable bonds is 1. The van der Waals surface area contributed by atoms with Gasteiger partial charge in [0.25, 0.3) is 5.91 Å². The number of cyclic esters (lactones) is 1. The summed E-state index contributed by atoms with van der Waals surface area (Å²) >= 11 is 0. The van der Waals surface area contributed by atoms with Gasteiger partial charge in [-0.05, 0) is 23.8 Å². The summed E-state index contributed by atoms with van der Waals surface area (Å²) in [6, 6.07) is 5.58. The van der Waals surface area contributed by atoms with Crippen molar-refractivity contribution in [3.8, 4) is 5.75 Å². The minimum Gasteiger partial charge on any atom is -0.493 e. The molecule has 4 rings (SSSR count). The van der Waals surface area contributed by atoms with Crippen molar-refractivity contribution in [2.24, 2.45) is 11.8 Å². The van der Waals surface area contributed by atoms with Crippen LogP contribution in [0.5, 0.6) is 5.75 Å². The Hall–Kier alpha value is -2.04. The van der Waals surface area contributed by atoms with Gasteiger partial charge in [-0.15, -0.1) is 0 Å². The van der Waals surface area contributed by atoms with Crippen LogP contribution >= 0.6 is 0 Å². The van der Waals surface area contributed by atoms with E-state index in [4.69, 9.17) is 9.47 Å². The number of fused-ring (bicyclic) bond motifs is 2. The van der Waals surface area contributed by atoms with Gasteiger partial charge in [0.15, 0.2) is 0 Å². The monoisotopic (exact) mass is 273 g/mol. The molecule has 1 aromatic carbocycles. The largest absolute Gasteiger partial charge is 0.493 e. The van der Waals surface area contributed by atoms with Crippen molar-refractivity contribution >= 4 is 11.9 Å². The third-order valence-electron chi connectivity index (χ3n) is 4.41. The van der Waals surface area contributed by atoms with Crippen molar-refractivity contribution in [3.63, 3.8) is 0 Å². The maximum atomic E-state index is 12.5. The van der Waals surface area contributed by atoms with Crippen LogP contribution in [-0.2, 0) is 16.0 Å². The Labute approximate surface area is 116 Å².